The van der Waals surface area contributed by atoms with Crippen LogP contribution in [0.5, 0.6) is 0 Å². The average molecular weight is 331 g/mol. The molecule has 1 aromatic rings. The fourth-order valence-electron chi connectivity index (χ4n) is 2.43. The van der Waals surface area contributed by atoms with E-state index in [1.54, 1.807) is 0 Å². The average Bonchev–Trinajstić information content (AvgIpc) is 2.38. The van der Waals surface area contributed by atoms with Crippen molar-refractivity contribution in [3.63, 3.8) is 0 Å². The third kappa shape index (κ3) is 4.69. The molecule has 1 amide bonds. The summed E-state index contributed by atoms with van der Waals surface area (Å²) in [5.41, 5.74) is 0. The number of sulfone groups is 1. The highest BCUT2D eigenvalue weighted by Gasteiger charge is 2.24. The summed E-state index contributed by atoms with van der Waals surface area (Å²) in [6.45, 7) is 2.87. The zero-order valence-electron chi connectivity index (χ0n) is 11.8. The van der Waals surface area contributed by atoms with Crippen LogP contribution in [0.3, 0.4) is 0 Å². The molecule has 0 saturated carbocycles. The molecule has 2 unspecified atom stereocenters. The summed E-state index contributed by atoms with van der Waals surface area (Å²) in [4.78, 5) is 12.0. The van der Waals surface area contributed by atoms with Crippen LogP contribution in [0.15, 0.2) is 29.2 Å². The number of carbonyl (C=O) groups is 1. The number of hydrogen-bond acceptors (Lipinski definition) is 4. The Bertz CT molecular complexity index is 601. The summed E-state index contributed by atoms with van der Waals surface area (Å²) in [6.07, 6.45) is 1.63. The minimum atomic E-state index is -3.63. The molecular weight excluding hydrogens is 312 g/mol. The lowest BCUT2D eigenvalue weighted by atomic mass is 10.0. The number of nitrogens with one attached hydrogen (secondary N) is 2. The van der Waals surface area contributed by atoms with E-state index in [-0.39, 0.29) is 10.9 Å². The molecule has 0 aliphatic carbocycles. The lowest BCUT2D eigenvalue weighted by Crippen LogP contribution is -2.47. The van der Waals surface area contributed by atoms with Crippen LogP contribution in [0.4, 0.5) is 0 Å². The van der Waals surface area contributed by atoms with Crippen molar-refractivity contribution < 1.29 is 13.2 Å². The molecule has 1 heterocycles. The van der Waals surface area contributed by atoms with Crippen LogP contribution in [0.25, 0.3) is 0 Å². The fourth-order valence-corrected chi connectivity index (χ4v) is 3.70. The van der Waals surface area contributed by atoms with Crippen molar-refractivity contribution in [1.82, 2.24) is 10.6 Å². The first-order valence-corrected chi connectivity index (χ1v) is 8.91. The van der Waals surface area contributed by atoms with E-state index >= 15 is 0 Å². The standard InChI is InChI=1S/C14H19ClN2O3S/c1-10-8-12(6-7-16-10)17-14(18)9-21(19,20)13-4-2-11(15)3-5-13/h2-5,10,12,16H,6-9H2,1H3,(H,17,18). The molecule has 1 saturated heterocycles. The lowest BCUT2D eigenvalue weighted by molar-refractivity contribution is -0.119. The quantitative estimate of drug-likeness (QED) is 0.874. The monoisotopic (exact) mass is 330 g/mol. The summed E-state index contributed by atoms with van der Waals surface area (Å²) >= 11 is 5.73. The lowest BCUT2D eigenvalue weighted by Gasteiger charge is -2.28. The van der Waals surface area contributed by atoms with Gasteiger partial charge in [0.15, 0.2) is 9.84 Å². The number of carbonyl (C=O) groups excluding carboxylic acids is 1. The van der Waals surface area contributed by atoms with Crippen molar-refractivity contribution in [3.8, 4) is 0 Å². The Morgan fingerprint density at radius 1 is 1.38 bits per heavy atom. The van der Waals surface area contributed by atoms with Gasteiger partial charge in [0.25, 0.3) is 0 Å². The second-order valence-corrected chi connectivity index (χ2v) is 7.78. The van der Waals surface area contributed by atoms with Crippen LogP contribution in [0.2, 0.25) is 5.02 Å². The van der Waals surface area contributed by atoms with Crippen molar-refractivity contribution in [2.24, 2.45) is 0 Å². The predicted molar refractivity (Wildman–Crippen MR) is 82.1 cm³/mol. The number of halogens is 1. The Morgan fingerprint density at radius 2 is 2.05 bits per heavy atom. The topological polar surface area (TPSA) is 75.3 Å². The second kappa shape index (κ2) is 6.77. The molecule has 7 heteroatoms. The predicted octanol–water partition coefficient (Wildman–Crippen LogP) is 1.37. The van der Waals surface area contributed by atoms with Gasteiger partial charge in [-0.15, -0.1) is 0 Å². The van der Waals surface area contributed by atoms with E-state index in [2.05, 4.69) is 10.6 Å². The highest BCUT2D eigenvalue weighted by atomic mass is 35.5. The second-order valence-electron chi connectivity index (χ2n) is 5.36. The Morgan fingerprint density at radius 3 is 2.67 bits per heavy atom. The molecule has 0 aromatic heterocycles. The van der Waals surface area contributed by atoms with Crippen LogP contribution in [-0.2, 0) is 14.6 Å². The van der Waals surface area contributed by atoms with Gasteiger partial charge in [-0.25, -0.2) is 8.42 Å². The number of hydrogen-bond donors (Lipinski definition) is 2. The highest BCUT2D eigenvalue weighted by molar-refractivity contribution is 7.92. The Balaban J connectivity index is 1.96. The maximum atomic E-state index is 12.1. The van der Waals surface area contributed by atoms with Crippen molar-refractivity contribution in [1.29, 1.82) is 0 Å². The molecule has 0 bridgehead atoms. The van der Waals surface area contributed by atoms with Gasteiger partial charge in [0.2, 0.25) is 5.91 Å². The molecule has 21 heavy (non-hydrogen) atoms. The SMILES string of the molecule is CC1CC(NC(=O)CS(=O)(=O)c2ccc(Cl)cc2)CCN1. The van der Waals surface area contributed by atoms with Gasteiger partial charge in [0, 0.05) is 17.1 Å². The van der Waals surface area contributed by atoms with Crippen LogP contribution in [0, 0.1) is 0 Å². The zero-order valence-corrected chi connectivity index (χ0v) is 13.4. The molecular formula is C14H19ClN2O3S. The van der Waals surface area contributed by atoms with Crippen LogP contribution >= 0.6 is 11.6 Å². The summed E-state index contributed by atoms with van der Waals surface area (Å²) in [5.74, 6) is -0.989. The molecule has 2 N–H and O–H groups in total. The van der Waals surface area contributed by atoms with Crippen LogP contribution in [-0.4, -0.2) is 38.7 Å². The van der Waals surface area contributed by atoms with E-state index in [1.165, 1.54) is 24.3 Å². The third-order valence-corrected chi connectivity index (χ3v) is 5.37. The number of rotatable bonds is 4. The molecule has 1 aliphatic rings. The van der Waals surface area contributed by atoms with Crippen molar-refractivity contribution in [2.45, 2.75) is 36.7 Å². The van der Waals surface area contributed by atoms with E-state index < -0.39 is 21.5 Å². The van der Waals surface area contributed by atoms with E-state index in [0.717, 1.165) is 19.4 Å². The molecule has 1 fully saturated rings. The van der Waals surface area contributed by atoms with Gasteiger partial charge >= 0.3 is 0 Å². The van der Waals surface area contributed by atoms with Gasteiger partial charge in [-0.05, 0) is 50.6 Å². The van der Waals surface area contributed by atoms with Crippen molar-refractivity contribution >= 4 is 27.3 Å². The third-order valence-electron chi connectivity index (χ3n) is 3.48. The molecule has 0 radical (unpaired) electrons. The van der Waals surface area contributed by atoms with Gasteiger partial charge in [-0.2, -0.15) is 0 Å². The first-order valence-electron chi connectivity index (χ1n) is 6.88. The summed E-state index contributed by atoms with van der Waals surface area (Å²) in [7, 11) is -3.63. The molecule has 2 atom stereocenters. The normalized spacial score (nSPS) is 22.8. The fraction of sp³-hybridized carbons (Fsp3) is 0.500. The first kappa shape index (κ1) is 16.3. The summed E-state index contributed by atoms with van der Waals surface area (Å²) in [5, 5.41) is 6.55. The Hall–Kier alpha value is -1.11. The van der Waals surface area contributed by atoms with E-state index in [9.17, 15) is 13.2 Å². The first-order chi connectivity index (χ1) is 9.87. The molecule has 5 nitrogen and oxygen atoms in total. The molecule has 116 valence electrons. The maximum Gasteiger partial charge on any atom is 0.235 e. The number of piperidine rings is 1. The largest absolute Gasteiger partial charge is 0.352 e. The Labute approximate surface area is 130 Å². The van der Waals surface area contributed by atoms with Crippen molar-refractivity contribution in [2.75, 3.05) is 12.3 Å². The minimum absolute atomic E-state index is 0.0363. The van der Waals surface area contributed by atoms with E-state index in [1.807, 2.05) is 6.92 Å². The number of benzene rings is 1. The van der Waals surface area contributed by atoms with Gasteiger partial charge in [0.1, 0.15) is 5.75 Å². The van der Waals surface area contributed by atoms with Gasteiger partial charge < -0.3 is 10.6 Å². The van der Waals surface area contributed by atoms with Gasteiger partial charge in [0.05, 0.1) is 4.90 Å². The van der Waals surface area contributed by atoms with Crippen LogP contribution < -0.4 is 10.6 Å². The maximum absolute atomic E-state index is 12.1. The van der Waals surface area contributed by atoms with E-state index in [0.29, 0.717) is 11.1 Å². The molecule has 1 aliphatic heterocycles. The minimum Gasteiger partial charge on any atom is -0.352 e. The van der Waals surface area contributed by atoms with Crippen molar-refractivity contribution in [3.05, 3.63) is 29.3 Å². The zero-order chi connectivity index (χ0) is 15.5. The smallest absolute Gasteiger partial charge is 0.235 e. The van der Waals surface area contributed by atoms with Crippen LogP contribution in [0.1, 0.15) is 19.8 Å². The summed E-state index contributed by atoms with van der Waals surface area (Å²) in [6, 6.07) is 6.20. The summed E-state index contributed by atoms with van der Waals surface area (Å²) < 4.78 is 24.3. The van der Waals surface area contributed by atoms with Gasteiger partial charge in [-0.1, -0.05) is 11.6 Å². The van der Waals surface area contributed by atoms with Gasteiger partial charge in [-0.3, -0.25) is 4.79 Å². The number of amides is 1. The highest BCUT2D eigenvalue weighted by Crippen LogP contribution is 2.15. The van der Waals surface area contributed by atoms with E-state index in [4.69, 9.17) is 11.6 Å². The molecule has 0 spiro atoms. The Kier molecular flexibility index (Phi) is 5.24. The molecule has 1 aromatic carbocycles. The molecule has 2 rings (SSSR count).